The van der Waals surface area contributed by atoms with E-state index in [0.717, 1.165) is 28.4 Å². The lowest BCUT2D eigenvalue weighted by Crippen LogP contribution is -2.11. The third-order valence-corrected chi connectivity index (χ3v) is 3.42. The lowest BCUT2D eigenvalue weighted by atomic mass is 10.1. The van der Waals surface area contributed by atoms with Crippen molar-refractivity contribution in [1.82, 2.24) is 10.1 Å². The van der Waals surface area contributed by atoms with Gasteiger partial charge in [-0.1, -0.05) is 30.1 Å². The van der Waals surface area contributed by atoms with Crippen LogP contribution in [0.25, 0.3) is 11.5 Å². The number of aromatic nitrogens is 2. The molecule has 0 bridgehead atoms. The topological polar surface area (TPSA) is 64.9 Å². The summed E-state index contributed by atoms with van der Waals surface area (Å²) in [5.41, 5.74) is 8.01. The van der Waals surface area contributed by atoms with Crippen molar-refractivity contribution in [2.75, 3.05) is 0 Å². The van der Waals surface area contributed by atoms with E-state index in [0.29, 0.717) is 11.7 Å². The van der Waals surface area contributed by atoms with Gasteiger partial charge < -0.3 is 10.3 Å². The van der Waals surface area contributed by atoms with E-state index in [1.165, 1.54) is 0 Å². The van der Waals surface area contributed by atoms with Crippen LogP contribution in [0.4, 0.5) is 0 Å². The number of benzene rings is 1. The van der Waals surface area contributed by atoms with Gasteiger partial charge in [-0.15, -0.1) is 0 Å². The van der Waals surface area contributed by atoms with Crippen molar-refractivity contribution in [3.63, 3.8) is 0 Å². The summed E-state index contributed by atoms with van der Waals surface area (Å²) in [6, 6.07) is 5.84. The molecule has 0 fully saturated rings. The van der Waals surface area contributed by atoms with Gasteiger partial charge in [0.2, 0.25) is 0 Å². The molecule has 0 amide bonds. The van der Waals surface area contributed by atoms with E-state index in [-0.39, 0.29) is 6.04 Å². The minimum Gasteiger partial charge on any atom is -0.334 e. The summed E-state index contributed by atoms with van der Waals surface area (Å²) in [5.74, 6) is 1.08. The molecule has 0 aliphatic carbocycles. The average molecular weight is 310 g/mol. The Labute approximate surface area is 115 Å². The molecule has 2 N–H and O–H groups in total. The smallest absolute Gasteiger partial charge is 0.259 e. The average Bonchev–Trinajstić information content (AvgIpc) is 2.82. The third-order valence-electron chi connectivity index (χ3n) is 2.73. The van der Waals surface area contributed by atoms with E-state index in [1.807, 2.05) is 25.1 Å². The zero-order valence-corrected chi connectivity index (χ0v) is 12.1. The normalized spacial score (nSPS) is 12.7. The molecule has 0 aliphatic rings. The fourth-order valence-corrected chi connectivity index (χ4v) is 2.15. The predicted octanol–water partition coefficient (Wildman–Crippen LogP) is 3.61. The van der Waals surface area contributed by atoms with Gasteiger partial charge in [-0.25, -0.2) is 0 Å². The lowest BCUT2D eigenvalue weighted by Gasteiger charge is -2.03. The molecule has 18 heavy (non-hydrogen) atoms. The summed E-state index contributed by atoms with van der Waals surface area (Å²) in [6.45, 7) is 4.11. The predicted molar refractivity (Wildman–Crippen MR) is 74.0 cm³/mol. The fraction of sp³-hybridized carbons (Fsp3) is 0.385. The highest BCUT2D eigenvalue weighted by molar-refractivity contribution is 9.10. The molecule has 0 spiro atoms. The maximum Gasteiger partial charge on any atom is 0.259 e. The summed E-state index contributed by atoms with van der Waals surface area (Å²) in [6.07, 6.45) is 1.85. The van der Waals surface area contributed by atoms with Gasteiger partial charge in [0.05, 0.1) is 11.6 Å². The summed E-state index contributed by atoms with van der Waals surface area (Å²) in [5, 5.41) is 3.95. The maximum absolute atomic E-state index is 5.97. The van der Waals surface area contributed by atoms with E-state index in [1.54, 1.807) is 0 Å². The standard InChI is InChI=1S/C13H16BrN3O/c1-3-4-11(15)12-16-13(18-17-12)9-7-8(2)5-6-10(9)14/h5-7,11H,3-4,15H2,1-2H3. The van der Waals surface area contributed by atoms with Crippen LogP contribution in [0.5, 0.6) is 0 Å². The largest absolute Gasteiger partial charge is 0.334 e. The van der Waals surface area contributed by atoms with Gasteiger partial charge in [0.15, 0.2) is 5.82 Å². The number of nitrogens with two attached hydrogens (primary N) is 1. The van der Waals surface area contributed by atoms with Crippen LogP contribution in [0.15, 0.2) is 27.2 Å². The zero-order valence-electron chi connectivity index (χ0n) is 10.5. The first-order chi connectivity index (χ1) is 8.61. The van der Waals surface area contributed by atoms with Crippen LogP contribution in [-0.4, -0.2) is 10.1 Å². The highest BCUT2D eigenvalue weighted by Crippen LogP contribution is 2.28. The minimum atomic E-state index is -0.156. The number of aryl methyl sites for hydroxylation is 1. The molecule has 1 aromatic heterocycles. The van der Waals surface area contributed by atoms with E-state index < -0.39 is 0 Å². The van der Waals surface area contributed by atoms with E-state index in [4.69, 9.17) is 10.3 Å². The van der Waals surface area contributed by atoms with Crippen LogP contribution in [-0.2, 0) is 0 Å². The Balaban J connectivity index is 2.32. The Morgan fingerprint density at radius 2 is 2.22 bits per heavy atom. The van der Waals surface area contributed by atoms with Crippen molar-refractivity contribution in [3.8, 4) is 11.5 Å². The monoisotopic (exact) mass is 309 g/mol. The first-order valence-corrected chi connectivity index (χ1v) is 6.76. The molecule has 1 atom stereocenters. The molecule has 0 radical (unpaired) electrons. The number of hydrogen-bond acceptors (Lipinski definition) is 4. The molecule has 0 saturated heterocycles. The van der Waals surface area contributed by atoms with Gasteiger partial charge in [0.25, 0.3) is 5.89 Å². The lowest BCUT2D eigenvalue weighted by molar-refractivity contribution is 0.413. The molecular formula is C13H16BrN3O. The quantitative estimate of drug-likeness (QED) is 0.937. The molecule has 5 heteroatoms. The zero-order chi connectivity index (χ0) is 13.1. The van der Waals surface area contributed by atoms with Gasteiger partial charge in [-0.05, 0) is 41.4 Å². The highest BCUT2D eigenvalue weighted by Gasteiger charge is 2.16. The molecule has 4 nitrogen and oxygen atoms in total. The van der Waals surface area contributed by atoms with Crippen LogP contribution in [0.2, 0.25) is 0 Å². The van der Waals surface area contributed by atoms with Crippen molar-refractivity contribution in [3.05, 3.63) is 34.1 Å². The maximum atomic E-state index is 5.97. The molecular weight excluding hydrogens is 294 g/mol. The molecule has 2 rings (SSSR count). The molecule has 1 heterocycles. The number of rotatable bonds is 4. The summed E-state index contributed by atoms with van der Waals surface area (Å²) >= 11 is 3.49. The Hall–Kier alpha value is -1.20. The van der Waals surface area contributed by atoms with Crippen LogP contribution < -0.4 is 5.73 Å². The summed E-state index contributed by atoms with van der Waals surface area (Å²) in [4.78, 5) is 4.37. The molecule has 0 aliphatic heterocycles. The molecule has 2 aromatic rings. The SMILES string of the molecule is CCCC(N)c1noc(-c2cc(C)ccc2Br)n1. The van der Waals surface area contributed by atoms with Gasteiger partial charge >= 0.3 is 0 Å². The number of nitrogens with zero attached hydrogens (tertiary/aromatic N) is 2. The second kappa shape index (κ2) is 5.63. The van der Waals surface area contributed by atoms with E-state index >= 15 is 0 Å². The van der Waals surface area contributed by atoms with Gasteiger partial charge in [-0.2, -0.15) is 4.98 Å². The van der Waals surface area contributed by atoms with Crippen LogP contribution in [0.3, 0.4) is 0 Å². The summed E-state index contributed by atoms with van der Waals surface area (Å²) < 4.78 is 6.22. The molecule has 1 unspecified atom stereocenters. The Morgan fingerprint density at radius 3 is 2.94 bits per heavy atom. The minimum absolute atomic E-state index is 0.156. The Kier molecular flexibility index (Phi) is 4.14. The van der Waals surface area contributed by atoms with Gasteiger partial charge in [-0.3, -0.25) is 0 Å². The first kappa shape index (κ1) is 13.2. The second-order valence-corrected chi connectivity index (χ2v) is 5.19. The van der Waals surface area contributed by atoms with Crippen LogP contribution in [0.1, 0.15) is 37.2 Å². The molecule has 1 aromatic carbocycles. The van der Waals surface area contributed by atoms with E-state index in [9.17, 15) is 0 Å². The fourth-order valence-electron chi connectivity index (χ4n) is 1.74. The summed E-state index contributed by atoms with van der Waals surface area (Å²) in [7, 11) is 0. The second-order valence-electron chi connectivity index (χ2n) is 4.34. The third kappa shape index (κ3) is 2.79. The Morgan fingerprint density at radius 1 is 1.44 bits per heavy atom. The first-order valence-electron chi connectivity index (χ1n) is 5.97. The number of halogens is 1. The molecule has 0 saturated carbocycles. The van der Waals surface area contributed by atoms with Crippen molar-refractivity contribution in [1.29, 1.82) is 0 Å². The van der Waals surface area contributed by atoms with Gasteiger partial charge in [0, 0.05) is 4.47 Å². The van der Waals surface area contributed by atoms with Crippen molar-refractivity contribution in [2.24, 2.45) is 5.73 Å². The van der Waals surface area contributed by atoms with Crippen LogP contribution in [0, 0.1) is 6.92 Å². The van der Waals surface area contributed by atoms with E-state index in [2.05, 4.69) is 33.0 Å². The van der Waals surface area contributed by atoms with Crippen molar-refractivity contribution in [2.45, 2.75) is 32.7 Å². The van der Waals surface area contributed by atoms with Gasteiger partial charge in [0.1, 0.15) is 0 Å². The Bertz CT molecular complexity index is 539. The van der Waals surface area contributed by atoms with Crippen molar-refractivity contribution < 1.29 is 4.52 Å². The van der Waals surface area contributed by atoms with Crippen molar-refractivity contribution >= 4 is 15.9 Å². The van der Waals surface area contributed by atoms with Crippen LogP contribution >= 0.6 is 15.9 Å². The highest BCUT2D eigenvalue weighted by atomic mass is 79.9. The molecule has 96 valence electrons. The number of hydrogen-bond donors (Lipinski definition) is 1.